The molecule has 2 atom stereocenters. The topological polar surface area (TPSA) is 66.8 Å². The molecule has 0 spiro atoms. The number of carbonyl (C=O) groups is 2. The quantitative estimate of drug-likeness (QED) is 0.665. The third kappa shape index (κ3) is 2.31. The molecule has 5 heteroatoms. The molecule has 1 aliphatic rings. The summed E-state index contributed by atoms with van der Waals surface area (Å²) in [6.45, 7) is 6.45. The minimum absolute atomic E-state index is 0.236. The van der Waals surface area contributed by atoms with Gasteiger partial charge in [-0.15, -0.1) is 0 Å². The van der Waals surface area contributed by atoms with Crippen LogP contribution in [0.3, 0.4) is 0 Å². The van der Waals surface area contributed by atoms with Crippen LogP contribution in [0.1, 0.15) is 20.8 Å². The second-order valence-corrected chi connectivity index (χ2v) is 4.27. The van der Waals surface area contributed by atoms with E-state index in [-0.39, 0.29) is 5.78 Å². The molecule has 0 aromatic carbocycles. The van der Waals surface area contributed by atoms with E-state index in [1.165, 1.54) is 13.8 Å². The Balaban J connectivity index is 2.95. The van der Waals surface area contributed by atoms with Gasteiger partial charge >= 0.3 is 0 Å². The highest BCUT2D eigenvalue weighted by molar-refractivity contribution is 6.11. The molecule has 1 aliphatic heterocycles. The summed E-state index contributed by atoms with van der Waals surface area (Å²) < 4.78 is 5.19. The molecule has 92 valence electrons. The van der Waals surface area contributed by atoms with Crippen molar-refractivity contribution in [1.29, 1.82) is 0 Å². The number of aliphatic hydroxyl groups excluding tert-OH is 1. The van der Waals surface area contributed by atoms with Gasteiger partial charge in [-0.05, 0) is 20.8 Å². The van der Waals surface area contributed by atoms with E-state index in [1.54, 1.807) is 11.8 Å². The molecule has 1 rings (SSSR count). The number of Topliss-reactive ketones (excluding diaryl/α,β-unsaturated/α-hetero) is 2. The molecule has 1 fully saturated rings. The molecular weight excluding hydrogens is 210 g/mol. The van der Waals surface area contributed by atoms with Crippen molar-refractivity contribution >= 4 is 11.6 Å². The van der Waals surface area contributed by atoms with Crippen LogP contribution in [0.2, 0.25) is 0 Å². The van der Waals surface area contributed by atoms with Gasteiger partial charge in [0.2, 0.25) is 0 Å². The van der Waals surface area contributed by atoms with Gasteiger partial charge in [0, 0.05) is 13.1 Å². The molecule has 0 bridgehead atoms. The lowest BCUT2D eigenvalue weighted by atomic mass is 9.87. The smallest absolute Gasteiger partial charge is 0.188 e. The van der Waals surface area contributed by atoms with Crippen LogP contribution in [0, 0.1) is 0 Å². The van der Waals surface area contributed by atoms with E-state index in [0.29, 0.717) is 26.3 Å². The number of morpholine rings is 1. The van der Waals surface area contributed by atoms with Gasteiger partial charge in [-0.25, -0.2) is 0 Å². The first-order chi connectivity index (χ1) is 7.40. The van der Waals surface area contributed by atoms with Crippen LogP contribution in [-0.4, -0.2) is 59.5 Å². The highest BCUT2D eigenvalue weighted by Crippen LogP contribution is 2.21. The highest BCUT2D eigenvalue weighted by Gasteiger charge is 2.45. The van der Waals surface area contributed by atoms with E-state index in [2.05, 4.69) is 0 Å². The Kier molecular flexibility index (Phi) is 4.18. The van der Waals surface area contributed by atoms with Gasteiger partial charge in [-0.1, -0.05) is 0 Å². The molecule has 0 saturated carbocycles. The molecule has 1 heterocycles. The van der Waals surface area contributed by atoms with Crippen LogP contribution < -0.4 is 0 Å². The first kappa shape index (κ1) is 13.3. The van der Waals surface area contributed by atoms with Crippen LogP contribution in [0.15, 0.2) is 0 Å². The predicted octanol–water partition coefficient (Wildman–Crippen LogP) is -0.384. The fourth-order valence-electron chi connectivity index (χ4n) is 1.97. The van der Waals surface area contributed by atoms with E-state index in [4.69, 9.17) is 4.74 Å². The molecule has 5 nitrogen and oxygen atoms in total. The molecule has 0 radical (unpaired) electrons. The fourth-order valence-corrected chi connectivity index (χ4v) is 1.97. The Morgan fingerprint density at radius 1 is 1.38 bits per heavy atom. The summed E-state index contributed by atoms with van der Waals surface area (Å²) in [5.74, 6) is -0.679. The lowest BCUT2D eigenvalue weighted by Gasteiger charge is -2.40. The van der Waals surface area contributed by atoms with Crippen LogP contribution in [0.5, 0.6) is 0 Å². The number of carbonyl (C=O) groups excluding carboxylic acids is 2. The molecule has 1 saturated heterocycles. The summed E-state index contributed by atoms with van der Waals surface area (Å²) in [4.78, 5) is 25.4. The number of ketones is 2. The Morgan fingerprint density at radius 3 is 2.25 bits per heavy atom. The molecule has 0 aliphatic carbocycles. The predicted molar refractivity (Wildman–Crippen MR) is 58.2 cm³/mol. The molecule has 0 amide bonds. The minimum Gasteiger partial charge on any atom is -0.386 e. The Labute approximate surface area is 95.4 Å². The Morgan fingerprint density at radius 2 is 1.88 bits per heavy atom. The number of aliphatic hydroxyl groups is 1. The summed E-state index contributed by atoms with van der Waals surface area (Å²) in [5.41, 5.74) is -1.22. The van der Waals surface area contributed by atoms with Crippen LogP contribution in [0.25, 0.3) is 0 Å². The van der Waals surface area contributed by atoms with Crippen molar-refractivity contribution in [3.05, 3.63) is 0 Å². The number of rotatable bonds is 4. The van der Waals surface area contributed by atoms with E-state index in [0.717, 1.165) is 0 Å². The van der Waals surface area contributed by atoms with E-state index in [1.807, 2.05) is 0 Å². The van der Waals surface area contributed by atoms with Crippen molar-refractivity contribution in [2.45, 2.75) is 32.4 Å². The Bertz CT molecular complexity index is 284. The zero-order chi connectivity index (χ0) is 12.3. The molecule has 1 N–H and O–H groups in total. The van der Waals surface area contributed by atoms with Crippen molar-refractivity contribution in [2.75, 3.05) is 26.3 Å². The summed E-state index contributed by atoms with van der Waals surface area (Å²) in [7, 11) is 0. The minimum atomic E-state index is -1.22. The standard InChI is InChI=1S/C11H19NO4/c1-8(13)10(15)11(3,9(2)14)12-4-6-16-7-5-12/h8,13H,4-7H2,1-3H3. The Hall–Kier alpha value is -0.780. The lowest BCUT2D eigenvalue weighted by Crippen LogP contribution is -2.62. The van der Waals surface area contributed by atoms with Crippen molar-refractivity contribution in [3.8, 4) is 0 Å². The zero-order valence-corrected chi connectivity index (χ0v) is 10.0. The molecule has 16 heavy (non-hydrogen) atoms. The first-order valence-electron chi connectivity index (χ1n) is 5.47. The zero-order valence-electron chi connectivity index (χ0n) is 10.0. The van der Waals surface area contributed by atoms with Gasteiger partial charge in [0.25, 0.3) is 0 Å². The van der Waals surface area contributed by atoms with Crippen LogP contribution in [0.4, 0.5) is 0 Å². The monoisotopic (exact) mass is 229 g/mol. The van der Waals surface area contributed by atoms with Crippen molar-refractivity contribution in [2.24, 2.45) is 0 Å². The number of hydrogen-bond donors (Lipinski definition) is 1. The van der Waals surface area contributed by atoms with Gasteiger partial charge in [-0.3, -0.25) is 14.5 Å². The van der Waals surface area contributed by atoms with E-state index < -0.39 is 17.4 Å². The van der Waals surface area contributed by atoms with Gasteiger partial charge in [0.05, 0.1) is 13.2 Å². The van der Waals surface area contributed by atoms with Gasteiger partial charge < -0.3 is 9.84 Å². The van der Waals surface area contributed by atoms with Crippen molar-refractivity contribution < 1.29 is 19.4 Å². The summed E-state index contributed by atoms with van der Waals surface area (Å²) in [6.07, 6.45) is -1.13. The third-order valence-electron chi connectivity index (χ3n) is 3.19. The second-order valence-electron chi connectivity index (χ2n) is 4.27. The third-order valence-corrected chi connectivity index (χ3v) is 3.19. The maximum atomic E-state index is 12.0. The molecule has 0 aromatic rings. The summed E-state index contributed by atoms with van der Waals surface area (Å²) in [5, 5.41) is 9.38. The maximum Gasteiger partial charge on any atom is 0.188 e. The van der Waals surface area contributed by atoms with Gasteiger partial charge in [0.1, 0.15) is 11.6 Å². The van der Waals surface area contributed by atoms with E-state index in [9.17, 15) is 14.7 Å². The van der Waals surface area contributed by atoms with Gasteiger partial charge in [-0.2, -0.15) is 0 Å². The van der Waals surface area contributed by atoms with E-state index >= 15 is 0 Å². The second kappa shape index (κ2) is 5.03. The van der Waals surface area contributed by atoms with Crippen molar-refractivity contribution in [1.82, 2.24) is 4.90 Å². The summed E-state index contributed by atoms with van der Waals surface area (Å²) in [6, 6.07) is 0. The largest absolute Gasteiger partial charge is 0.386 e. The first-order valence-corrected chi connectivity index (χ1v) is 5.47. The normalized spacial score (nSPS) is 23.5. The fraction of sp³-hybridized carbons (Fsp3) is 0.818. The van der Waals surface area contributed by atoms with Crippen LogP contribution >= 0.6 is 0 Å². The lowest BCUT2D eigenvalue weighted by molar-refractivity contribution is -0.150. The SMILES string of the molecule is CC(=O)C(C)(C(=O)C(C)O)N1CCOCC1. The molecular formula is C11H19NO4. The number of nitrogens with zero attached hydrogens (tertiary/aromatic N) is 1. The van der Waals surface area contributed by atoms with Gasteiger partial charge in [0.15, 0.2) is 11.6 Å². The number of ether oxygens (including phenoxy) is 1. The molecule has 2 unspecified atom stereocenters. The van der Waals surface area contributed by atoms with Crippen molar-refractivity contribution in [3.63, 3.8) is 0 Å². The highest BCUT2D eigenvalue weighted by atomic mass is 16.5. The summed E-state index contributed by atoms with van der Waals surface area (Å²) >= 11 is 0. The number of hydrogen-bond acceptors (Lipinski definition) is 5. The van der Waals surface area contributed by atoms with Crippen LogP contribution in [-0.2, 0) is 14.3 Å². The average Bonchev–Trinajstić information content (AvgIpc) is 2.27. The molecule has 0 aromatic heterocycles. The average molecular weight is 229 g/mol. The maximum absolute atomic E-state index is 12.0.